The monoisotopic (exact) mass is 293 g/mol. The van der Waals surface area contributed by atoms with Gasteiger partial charge in [-0.25, -0.2) is 13.7 Å². The second kappa shape index (κ2) is 4.38. The van der Waals surface area contributed by atoms with Crippen LogP contribution in [0.2, 0.25) is 5.02 Å². The third-order valence-electron chi connectivity index (χ3n) is 3.04. The molecule has 3 nitrogen and oxygen atoms in total. The normalized spacial score (nSPS) is 13.8. The summed E-state index contributed by atoms with van der Waals surface area (Å²) in [6.45, 7) is 0. The molecule has 0 saturated carbocycles. The number of imide groups is 1. The maximum atomic E-state index is 13.9. The Kier molecular flexibility index (Phi) is 2.79. The van der Waals surface area contributed by atoms with Gasteiger partial charge in [-0.3, -0.25) is 9.59 Å². The number of hydrogen-bond donors (Lipinski definition) is 0. The summed E-state index contributed by atoms with van der Waals surface area (Å²) in [5.41, 5.74) is -0.285. The second-order valence-corrected chi connectivity index (χ2v) is 4.59. The molecule has 2 amide bonds. The van der Waals surface area contributed by atoms with E-state index < -0.39 is 29.1 Å². The smallest absolute Gasteiger partial charge is 0.266 e. The minimum atomic E-state index is -1.33. The molecule has 0 atom stereocenters. The largest absolute Gasteiger partial charge is 0.268 e. The summed E-state index contributed by atoms with van der Waals surface area (Å²) in [6, 6.07) is 7.98. The lowest BCUT2D eigenvalue weighted by Gasteiger charge is -2.16. The van der Waals surface area contributed by atoms with Crippen molar-refractivity contribution in [1.29, 1.82) is 0 Å². The van der Waals surface area contributed by atoms with Crippen LogP contribution in [-0.2, 0) is 0 Å². The van der Waals surface area contributed by atoms with Gasteiger partial charge in [-0.2, -0.15) is 0 Å². The van der Waals surface area contributed by atoms with E-state index in [0.29, 0.717) is 4.90 Å². The van der Waals surface area contributed by atoms with Gasteiger partial charge >= 0.3 is 0 Å². The summed E-state index contributed by atoms with van der Waals surface area (Å²) in [6.07, 6.45) is 0. The fraction of sp³-hybridized carbons (Fsp3) is 0. The molecule has 6 heteroatoms. The lowest BCUT2D eigenvalue weighted by atomic mass is 10.1. The number of fused-ring (bicyclic) bond motifs is 1. The Morgan fingerprint density at radius 2 is 1.45 bits per heavy atom. The van der Waals surface area contributed by atoms with Crippen LogP contribution >= 0.6 is 11.6 Å². The van der Waals surface area contributed by atoms with E-state index >= 15 is 0 Å². The first kappa shape index (κ1) is 12.7. The van der Waals surface area contributed by atoms with Crippen LogP contribution in [0.25, 0.3) is 0 Å². The van der Waals surface area contributed by atoms with E-state index in [1.807, 2.05) is 0 Å². The number of rotatable bonds is 1. The van der Waals surface area contributed by atoms with Gasteiger partial charge in [0.2, 0.25) is 0 Å². The minimum Gasteiger partial charge on any atom is -0.268 e. The van der Waals surface area contributed by atoms with Crippen LogP contribution < -0.4 is 4.90 Å². The predicted molar refractivity (Wildman–Crippen MR) is 69.0 cm³/mol. The zero-order valence-electron chi connectivity index (χ0n) is 9.86. The first-order chi connectivity index (χ1) is 9.52. The molecule has 0 N–H and O–H groups in total. The van der Waals surface area contributed by atoms with Crippen molar-refractivity contribution in [1.82, 2.24) is 0 Å². The molecule has 0 unspecified atom stereocenters. The highest BCUT2D eigenvalue weighted by Crippen LogP contribution is 2.36. The maximum absolute atomic E-state index is 13.9. The van der Waals surface area contributed by atoms with Crippen molar-refractivity contribution in [2.24, 2.45) is 0 Å². The number of carbonyl (C=O) groups excluding carboxylic acids is 2. The van der Waals surface area contributed by atoms with E-state index in [-0.39, 0.29) is 16.1 Å². The SMILES string of the molecule is O=C1c2ccccc2C(=O)N1c1c(Cl)ccc(F)c1F. The molecule has 0 aliphatic carbocycles. The van der Waals surface area contributed by atoms with Crippen LogP contribution in [0.1, 0.15) is 20.7 Å². The molecule has 0 spiro atoms. The van der Waals surface area contributed by atoms with Gasteiger partial charge in [-0.1, -0.05) is 23.7 Å². The minimum absolute atomic E-state index is 0.136. The van der Waals surface area contributed by atoms with E-state index in [9.17, 15) is 18.4 Å². The average Bonchev–Trinajstić information content (AvgIpc) is 2.69. The van der Waals surface area contributed by atoms with Crippen LogP contribution in [0.4, 0.5) is 14.5 Å². The molecule has 0 aromatic heterocycles. The number of anilines is 1. The Hall–Kier alpha value is -2.27. The molecule has 1 aliphatic heterocycles. The lowest BCUT2D eigenvalue weighted by molar-refractivity contribution is 0.0924. The molecule has 0 radical (unpaired) electrons. The predicted octanol–water partition coefficient (Wildman–Crippen LogP) is 3.42. The Bertz CT molecular complexity index is 726. The number of hydrogen-bond acceptors (Lipinski definition) is 2. The molecule has 1 aliphatic rings. The van der Waals surface area contributed by atoms with E-state index in [2.05, 4.69) is 0 Å². The Balaban J connectivity index is 2.22. The molecule has 0 saturated heterocycles. The van der Waals surface area contributed by atoms with Crippen molar-refractivity contribution in [2.75, 3.05) is 4.90 Å². The summed E-state index contributed by atoms with van der Waals surface area (Å²) in [5.74, 6) is -3.96. The highest BCUT2D eigenvalue weighted by molar-refractivity contribution is 6.39. The zero-order chi connectivity index (χ0) is 14.4. The molecule has 0 fully saturated rings. The van der Waals surface area contributed by atoms with Gasteiger partial charge in [0.1, 0.15) is 5.69 Å². The summed E-state index contributed by atoms with van der Waals surface area (Å²) in [4.78, 5) is 24.9. The molecule has 2 aromatic rings. The van der Waals surface area contributed by atoms with Crippen molar-refractivity contribution in [3.8, 4) is 0 Å². The van der Waals surface area contributed by atoms with E-state index in [1.54, 1.807) is 12.1 Å². The van der Waals surface area contributed by atoms with Gasteiger partial charge in [0, 0.05) is 0 Å². The molecule has 1 heterocycles. The molecule has 100 valence electrons. The summed E-state index contributed by atoms with van der Waals surface area (Å²) in [7, 11) is 0. The Morgan fingerprint density at radius 3 is 2.00 bits per heavy atom. The first-order valence-corrected chi connectivity index (χ1v) is 6.01. The average molecular weight is 294 g/mol. The number of carbonyl (C=O) groups is 2. The van der Waals surface area contributed by atoms with Gasteiger partial charge in [0.15, 0.2) is 11.6 Å². The quantitative estimate of drug-likeness (QED) is 0.597. The number of amides is 2. The molecule has 2 aromatic carbocycles. The van der Waals surface area contributed by atoms with Crippen molar-refractivity contribution in [2.45, 2.75) is 0 Å². The number of nitrogens with zero attached hydrogens (tertiary/aromatic N) is 1. The van der Waals surface area contributed by atoms with Crippen molar-refractivity contribution >= 4 is 29.1 Å². The molecule has 20 heavy (non-hydrogen) atoms. The van der Waals surface area contributed by atoms with Crippen LogP contribution in [0.3, 0.4) is 0 Å². The standard InChI is InChI=1S/C14H6ClF2NO2/c15-9-5-6-10(16)11(17)12(9)18-13(19)7-3-1-2-4-8(7)14(18)20/h1-6H. The van der Waals surface area contributed by atoms with Gasteiger partial charge < -0.3 is 0 Å². The van der Waals surface area contributed by atoms with Crippen molar-refractivity contribution in [3.05, 3.63) is 64.2 Å². The highest BCUT2D eigenvalue weighted by Gasteiger charge is 2.39. The Morgan fingerprint density at radius 1 is 0.900 bits per heavy atom. The lowest BCUT2D eigenvalue weighted by Crippen LogP contribution is -2.30. The fourth-order valence-electron chi connectivity index (χ4n) is 2.11. The van der Waals surface area contributed by atoms with Gasteiger partial charge in [0.25, 0.3) is 11.8 Å². The highest BCUT2D eigenvalue weighted by atomic mass is 35.5. The van der Waals surface area contributed by atoms with Crippen molar-refractivity contribution in [3.63, 3.8) is 0 Å². The third-order valence-corrected chi connectivity index (χ3v) is 3.34. The summed E-state index contributed by atoms with van der Waals surface area (Å²) >= 11 is 5.80. The molecule has 0 bridgehead atoms. The molecular formula is C14H6ClF2NO2. The van der Waals surface area contributed by atoms with Crippen LogP contribution in [0.15, 0.2) is 36.4 Å². The van der Waals surface area contributed by atoms with Gasteiger partial charge in [0.05, 0.1) is 16.1 Å². The first-order valence-electron chi connectivity index (χ1n) is 5.63. The molecule has 3 rings (SSSR count). The summed E-state index contributed by atoms with van der Waals surface area (Å²) < 4.78 is 27.2. The van der Waals surface area contributed by atoms with E-state index in [4.69, 9.17) is 11.6 Å². The zero-order valence-corrected chi connectivity index (χ0v) is 10.6. The molecular weight excluding hydrogens is 288 g/mol. The fourth-order valence-corrected chi connectivity index (χ4v) is 2.34. The maximum Gasteiger partial charge on any atom is 0.266 e. The van der Waals surface area contributed by atoms with Crippen LogP contribution in [-0.4, -0.2) is 11.8 Å². The van der Waals surface area contributed by atoms with Crippen LogP contribution in [0.5, 0.6) is 0 Å². The van der Waals surface area contributed by atoms with E-state index in [0.717, 1.165) is 12.1 Å². The summed E-state index contributed by atoms with van der Waals surface area (Å²) in [5, 5.41) is -0.210. The second-order valence-electron chi connectivity index (χ2n) is 4.18. The number of benzene rings is 2. The van der Waals surface area contributed by atoms with Gasteiger partial charge in [-0.05, 0) is 24.3 Å². The van der Waals surface area contributed by atoms with Crippen LogP contribution in [0, 0.1) is 11.6 Å². The topological polar surface area (TPSA) is 37.4 Å². The van der Waals surface area contributed by atoms with Crippen molar-refractivity contribution < 1.29 is 18.4 Å². The van der Waals surface area contributed by atoms with E-state index in [1.165, 1.54) is 12.1 Å². The Labute approximate surface area is 117 Å². The number of halogens is 3. The third kappa shape index (κ3) is 1.63. The van der Waals surface area contributed by atoms with Gasteiger partial charge in [-0.15, -0.1) is 0 Å².